The summed E-state index contributed by atoms with van der Waals surface area (Å²) in [7, 11) is 0. The molecule has 0 fully saturated rings. The first-order valence-electron chi connectivity index (χ1n) is 26.1. The minimum absolute atomic E-state index is 0.0478. The molecule has 0 aliphatic rings. The lowest BCUT2D eigenvalue weighted by Gasteiger charge is -2.24. The number of unbranched alkanes of at least 4 members (excludes halogenated alkanes) is 23. The van der Waals surface area contributed by atoms with Gasteiger partial charge in [0.2, 0.25) is 5.91 Å². The molecular weight excluding hydrogens is 779 g/mol. The number of aliphatic hydroxyl groups excluding tert-OH is 2. The number of allylic oxidation sites excluding steroid dienone is 16. The molecule has 6 heteroatoms. The zero-order valence-electron chi connectivity index (χ0n) is 40.9. The molecule has 1 amide bonds. The van der Waals surface area contributed by atoms with E-state index in [1.165, 1.54) is 70.6 Å². The second-order valence-electron chi connectivity index (χ2n) is 17.4. The maximum absolute atomic E-state index is 13.2. The van der Waals surface area contributed by atoms with Crippen LogP contribution in [0.4, 0.5) is 0 Å². The van der Waals surface area contributed by atoms with Crippen LogP contribution in [0.2, 0.25) is 0 Å². The molecule has 6 nitrogen and oxygen atoms in total. The van der Waals surface area contributed by atoms with Gasteiger partial charge in [-0.2, -0.15) is 0 Å². The number of hydrogen-bond donors (Lipinski definition) is 3. The Morgan fingerprint density at radius 2 is 0.889 bits per heavy atom. The fraction of sp³-hybridized carbons (Fsp3) is 0.684. The van der Waals surface area contributed by atoms with Crippen LogP contribution >= 0.6 is 0 Å². The third kappa shape index (κ3) is 45.2. The predicted molar refractivity (Wildman–Crippen MR) is 273 cm³/mol. The third-order valence-electron chi connectivity index (χ3n) is 11.3. The molecule has 0 bridgehead atoms. The molecule has 3 atom stereocenters. The molecule has 0 aromatic carbocycles. The Labute approximate surface area is 388 Å². The van der Waals surface area contributed by atoms with Gasteiger partial charge in [-0.05, 0) is 64.2 Å². The summed E-state index contributed by atoms with van der Waals surface area (Å²) in [4.78, 5) is 26.2. The fourth-order valence-electron chi connectivity index (χ4n) is 7.40. The molecule has 0 heterocycles. The molecule has 0 rings (SSSR count). The highest BCUT2D eigenvalue weighted by atomic mass is 16.5. The number of rotatable bonds is 45. The highest BCUT2D eigenvalue weighted by Crippen LogP contribution is 2.17. The fourth-order valence-corrected chi connectivity index (χ4v) is 7.40. The van der Waals surface area contributed by atoms with E-state index in [-0.39, 0.29) is 24.9 Å². The molecule has 3 unspecified atom stereocenters. The Morgan fingerprint density at radius 1 is 0.476 bits per heavy atom. The molecule has 63 heavy (non-hydrogen) atoms. The second-order valence-corrected chi connectivity index (χ2v) is 17.4. The van der Waals surface area contributed by atoms with Gasteiger partial charge in [0.05, 0.1) is 25.2 Å². The summed E-state index contributed by atoms with van der Waals surface area (Å²) < 4.78 is 5.92. The van der Waals surface area contributed by atoms with Crippen molar-refractivity contribution in [3.63, 3.8) is 0 Å². The van der Waals surface area contributed by atoms with Gasteiger partial charge in [0.25, 0.3) is 0 Å². The smallest absolute Gasteiger partial charge is 0.306 e. The molecular formula is C57H97NO5. The van der Waals surface area contributed by atoms with E-state index in [0.717, 1.165) is 109 Å². The topological polar surface area (TPSA) is 95.9 Å². The highest BCUT2D eigenvalue weighted by molar-refractivity contribution is 5.77. The van der Waals surface area contributed by atoms with Crippen molar-refractivity contribution in [1.29, 1.82) is 0 Å². The summed E-state index contributed by atoms with van der Waals surface area (Å²) in [5.74, 6) is -0.529. The van der Waals surface area contributed by atoms with Crippen LogP contribution in [0.3, 0.4) is 0 Å². The SMILES string of the molecule is CC/C=C/C=C/C=C/CCCCCCCC(CC(=O)NC(CO)C(O)CCCCCCCCCCCCCCC)OC(=O)CCCCCCC/C=C/C=C/C=C/C=C/C=C/CCC. The predicted octanol–water partition coefficient (Wildman–Crippen LogP) is 15.7. The van der Waals surface area contributed by atoms with Crippen molar-refractivity contribution >= 4 is 11.9 Å². The lowest BCUT2D eigenvalue weighted by molar-refractivity contribution is -0.151. The second kappa shape index (κ2) is 49.8. The zero-order chi connectivity index (χ0) is 45.9. The Balaban J connectivity index is 4.66. The van der Waals surface area contributed by atoms with Crippen LogP contribution in [-0.2, 0) is 14.3 Å². The number of nitrogens with one attached hydrogen (secondary N) is 1. The minimum Gasteiger partial charge on any atom is -0.462 e. The Kier molecular flexibility index (Phi) is 47.2. The highest BCUT2D eigenvalue weighted by Gasteiger charge is 2.24. The van der Waals surface area contributed by atoms with Crippen LogP contribution in [0.25, 0.3) is 0 Å². The van der Waals surface area contributed by atoms with Gasteiger partial charge in [0.1, 0.15) is 6.10 Å². The normalized spacial score (nSPS) is 14.0. The first-order valence-corrected chi connectivity index (χ1v) is 26.1. The molecule has 0 aliphatic heterocycles. The average molecular weight is 876 g/mol. The molecule has 0 spiro atoms. The van der Waals surface area contributed by atoms with E-state index in [1.54, 1.807) is 0 Å². The molecule has 0 aliphatic carbocycles. The average Bonchev–Trinajstić information content (AvgIpc) is 3.28. The third-order valence-corrected chi connectivity index (χ3v) is 11.3. The van der Waals surface area contributed by atoms with Gasteiger partial charge < -0.3 is 20.3 Å². The Hall–Kier alpha value is -3.22. The summed E-state index contributed by atoms with van der Waals surface area (Å²) in [6, 6.07) is -0.719. The molecule has 0 aromatic heterocycles. The van der Waals surface area contributed by atoms with Gasteiger partial charge in [-0.3, -0.25) is 9.59 Å². The van der Waals surface area contributed by atoms with Gasteiger partial charge in [0.15, 0.2) is 0 Å². The molecule has 0 saturated heterocycles. The van der Waals surface area contributed by atoms with Crippen molar-refractivity contribution in [1.82, 2.24) is 5.32 Å². The van der Waals surface area contributed by atoms with Gasteiger partial charge in [0, 0.05) is 6.42 Å². The van der Waals surface area contributed by atoms with Crippen molar-refractivity contribution in [3.8, 4) is 0 Å². The van der Waals surface area contributed by atoms with Crippen LogP contribution in [-0.4, -0.2) is 46.9 Å². The van der Waals surface area contributed by atoms with Gasteiger partial charge >= 0.3 is 5.97 Å². The molecule has 360 valence electrons. The van der Waals surface area contributed by atoms with Crippen molar-refractivity contribution in [2.24, 2.45) is 0 Å². The summed E-state index contributed by atoms with van der Waals surface area (Å²) in [6.07, 6.45) is 66.0. The standard InChI is InChI=1S/C57H97NO5/c1-4-7-10-13-16-19-22-25-26-27-28-29-32-35-38-41-44-47-50-57(62)63-53(48-45-42-39-36-33-30-23-20-17-14-11-8-5-2)51-56(61)58-54(52-59)55(60)49-46-43-40-37-34-31-24-21-18-15-12-9-6-3/h8,10-11,13-14,16-17,19-20,22-23,25-29,53-55,59-60H,4-7,9,12,15,18,21,24,30-52H2,1-3H3,(H,58,61)/b11-8+,13-10+,17-14+,19-16+,23-20+,25-22+,27-26+,29-28+. The van der Waals surface area contributed by atoms with Crippen LogP contribution < -0.4 is 5.32 Å². The van der Waals surface area contributed by atoms with Crippen molar-refractivity contribution in [2.45, 2.75) is 244 Å². The number of carbonyl (C=O) groups excluding carboxylic acids is 2. The van der Waals surface area contributed by atoms with E-state index >= 15 is 0 Å². The van der Waals surface area contributed by atoms with Crippen molar-refractivity contribution in [2.75, 3.05) is 6.61 Å². The molecule has 0 aromatic rings. The van der Waals surface area contributed by atoms with Gasteiger partial charge in [-0.15, -0.1) is 0 Å². The van der Waals surface area contributed by atoms with E-state index < -0.39 is 18.2 Å². The zero-order valence-corrected chi connectivity index (χ0v) is 40.9. The van der Waals surface area contributed by atoms with Crippen LogP contribution in [0, 0.1) is 0 Å². The monoisotopic (exact) mass is 876 g/mol. The lowest BCUT2D eigenvalue weighted by Crippen LogP contribution is -2.46. The summed E-state index contributed by atoms with van der Waals surface area (Å²) in [6.45, 7) is 6.25. The van der Waals surface area contributed by atoms with Crippen LogP contribution in [0.5, 0.6) is 0 Å². The minimum atomic E-state index is -0.803. The van der Waals surface area contributed by atoms with Crippen molar-refractivity contribution in [3.05, 3.63) is 97.2 Å². The van der Waals surface area contributed by atoms with E-state index in [0.29, 0.717) is 19.3 Å². The number of carbonyl (C=O) groups is 2. The first kappa shape index (κ1) is 59.8. The number of ether oxygens (including phenoxy) is 1. The van der Waals surface area contributed by atoms with E-state index in [9.17, 15) is 19.8 Å². The number of amides is 1. The number of hydrogen-bond acceptors (Lipinski definition) is 5. The Bertz CT molecular complexity index is 1260. The summed E-state index contributed by atoms with van der Waals surface area (Å²) >= 11 is 0. The first-order chi connectivity index (χ1) is 31.0. The Morgan fingerprint density at radius 3 is 1.37 bits per heavy atom. The largest absolute Gasteiger partial charge is 0.462 e. The quantitative estimate of drug-likeness (QED) is 0.0322. The molecule has 0 saturated carbocycles. The van der Waals surface area contributed by atoms with E-state index in [2.05, 4.69) is 99.0 Å². The molecule has 3 N–H and O–H groups in total. The van der Waals surface area contributed by atoms with Gasteiger partial charge in [-0.1, -0.05) is 246 Å². The summed E-state index contributed by atoms with van der Waals surface area (Å²) in [5.41, 5.74) is 0. The lowest BCUT2D eigenvalue weighted by atomic mass is 10.0. The molecule has 0 radical (unpaired) electrons. The van der Waals surface area contributed by atoms with Crippen LogP contribution in [0.15, 0.2) is 97.2 Å². The van der Waals surface area contributed by atoms with E-state index in [1.807, 2.05) is 24.3 Å². The number of aliphatic hydroxyl groups is 2. The summed E-state index contributed by atoms with van der Waals surface area (Å²) in [5, 5.41) is 23.8. The van der Waals surface area contributed by atoms with Crippen LogP contribution in [0.1, 0.15) is 226 Å². The van der Waals surface area contributed by atoms with Crippen molar-refractivity contribution < 1.29 is 24.5 Å². The number of esters is 1. The van der Waals surface area contributed by atoms with E-state index in [4.69, 9.17) is 4.74 Å². The maximum Gasteiger partial charge on any atom is 0.306 e. The van der Waals surface area contributed by atoms with Gasteiger partial charge in [-0.25, -0.2) is 0 Å². The maximum atomic E-state index is 13.2.